The molecule has 0 aliphatic carbocycles. The summed E-state index contributed by atoms with van der Waals surface area (Å²) in [5.74, 6) is -0.120. The van der Waals surface area contributed by atoms with Crippen molar-refractivity contribution in [2.45, 2.75) is 12.6 Å². The van der Waals surface area contributed by atoms with Crippen LogP contribution in [0.1, 0.15) is 16.7 Å². The number of amides is 1. The molecule has 2 aromatic rings. The highest BCUT2D eigenvalue weighted by Gasteiger charge is 2.31. The monoisotopic (exact) mass is 375 g/mol. The number of nitriles is 1. The Morgan fingerprint density at radius 2 is 1.96 bits per heavy atom. The van der Waals surface area contributed by atoms with E-state index >= 15 is 0 Å². The van der Waals surface area contributed by atoms with Gasteiger partial charge in [-0.3, -0.25) is 0 Å². The van der Waals surface area contributed by atoms with Crippen LogP contribution in [0.4, 0.5) is 29.3 Å². The Balaban J connectivity index is 1.98. The molecule has 2 aromatic carbocycles. The number of nitrogens with zero attached hydrogens (tertiary/aromatic N) is 2. The lowest BCUT2D eigenvalue weighted by Crippen LogP contribution is -2.39. The van der Waals surface area contributed by atoms with Gasteiger partial charge < -0.3 is 15.3 Å². The second-order valence-corrected chi connectivity index (χ2v) is 6.33. The average Bonchev–Trinajstić information content (AvgIpc) is 2.64. The molecule has 0 saturated heterocycles. The van der Waals surface area contributed by atoms with Crippen molar-refractivity contribution < 1.29 is 23.1 Å². The van der Waals surface area contributed by atoms with Gasteiger partial charge in [0.2, 0.25) is 0 Å². The smallest absolute Gasteiger partial charge is 0.416 e. The summed E-state index contributed by atoms with van der Waals surface area (Å²) < 4.78 is 38.5. The summed E-state index contributed by atoms with van der Waals surface area (Å²) in [5.41, 5.74) is 1.81. The topological polar surface area (TPSA) is 76.4 Å². The van der Waals surface area contributed by atoms with Crippen LogP contribution in [0.2, 0.25) is 0 Å². The van der Waals surface area contributed by atoms with Gasteiger partial charge in [0.1, 0.15) is 0 Å². The molecule has 1 unspecified atom stereocenters. The fourth-order valence-corrected chi connectivity index (χ4v) is 3.30. The number of alkyl halides is 3. The fourth-order valence-electron chi connectivity index (χ4n) is 3.30. The second kappa shape index (κ2) is 7.19. The van der Waals surface area contributed by atoms with Crippen LogP contribution in [0.25, 0.3) is 0 Å². The van der Waals surface area contributed by atoms with Gasteiger partial charge in [-0.2, -0.15) is 18.4 Å². The molecular weight excluding hydrogens is 359 g/mol. The summed E-state index contributed by atoms with van der Waals surface area (Å²) in [7, 11) is 0. The van der Waals surface area contributed by atoms with E-state index in [1.165, 1.54) is 12.1 Å². The highest BCUT2D eigenvalue weighted by molar-refractivity contribution is 5.71. The lowest BCUT2D eigenvalue weighted by molar-refractivity contribution is -0.137. The van der Waals surface area contributed by atoms with Crippen molar-refractivity contribution in [3.8, 4) is 6.07 Å². The Morgan fingerprint density at radius 3 is 2.56 bits per heavy atom. The standard InChI is InChI=1S/C19H16F3N3O2/c20-19(21,22)14-4-6-15(7-5-14)25-11-12(10-24-18(26)27)8-16-13(9-23)2-1-3-17(16)25/h1-7,12,24H,8,10-11H2,(H,26,27). The normalized spacial score (nSPS) is 16.4. The average molecular weight is 375 g/mol. The maximum absolute atomic E-state index is 12.8. The lowest BCUT2D eigenvalue weighted by Gasteiger charge is -2.36. The van der Waals surface area contributed by atoms with Crippen molar-refractivity contribution in [3.05, 3.63) is 59.2 Å². The molecule has 8 heteroatoms. The maximum atomic E-state index is 12.8. The summed E-state index contributed by atoms with van der Waals surface area (Å²) in [5, 5.41) is 20.6. The molecule has 0 aromatic heterocycles. The van der Waals surface area contributed by atoms with Gasteiger partial charge in [0, 0.05) is 24.5 Å². The van der Waals surface area contributed by atoms with E-state index in [-0.39, 0.29) is 12.5 Å². The molecule has 1 atom stereocenters. The molecule has 0 radical (unpaired) electrons. The Morgan fingerprint density at radius 1 is 1.26 bits per heavy atom. The van der Waals surface area contributed by atoms with E-state index in [9.17, 15) is 23.2 Å². The third-order valence-corrected chi connectivity index (χ3v) is 4.54. The zero-order chi connectivity index (χ0) is 19.6. The van der Waals surface area contributed by atoms with E-state index in [4.69, 9.17) is 5.11 Å². The summed E-state index contributed by atoms with van der Waals surface area (Å²) in [6.45, 7) is 0.610. The first kappa shape index (κ1) is 18.6. The highest BCUT2D eigenvalue weighted by Crippen LogP contribution is 2.38. The molecule has 5 nitrogen and oxygen atoms in total. The number of rotatable bonds is 3. The SMILES string of the molecule is N#Cc1cccc2c1CC(CNC(=O)O)CN2c1ccc(C(F)(F)F)cc1. The van der Waals surface area contributed by atoms with E-state index in [0.29, 0.717) is 24.2 Å². The maximum Gasteiger partial charge on any atom is 0.416 e. The molecular formula is C19H16F3N3O2. The number of carbonyl (C=O) groups is 1. The molecule has 0 fully saturated rings. The third-order valence-electron chi connectivity index (χ3n) is 4.54. The van der Waals surface area contributed by atoms with E-state index in [1.807, 2.05) is 11.0 Å². The number of halogens is 3. The molecule has 2 N–H and O–H groups in total. The van der Waals surface area contributed by atoms with Crippen LogP contribution in [-0.2, 0) is 12.6 Å². The number of carboxylic acid groups (broad SMARTS) is 1. The molecule has 1 aliphatic rings. The van der Waals surface area contributed by atoms with E-state index < -0.39 is 17.8 Å². The molecule has 1 heterocycles. The van der Waals surface area contributed by atoms with Gasteiger partial charge in [-0.25, -0.2) is 4.79 Å². The minimum Gasteiger partial charge on any atom is -0.465 e. The van der Waals surface area contributed by atoms with E-state index in [2.05, 4.69) is 11.4 Å². The van der Waals surface area contributed by atoms with Gasteiger partial charge in [-0.05, 0) is 54.3 Å². The van der Waals surface area contributed by atoms with Crippen molar-refractivity contribution in [3.63, 3.8) is 0 Å². The Labute approximate surface area is 153 Å². The first-order valence-electron chi connectivity index (χ1n) is 8.23. The third kappa shape index (κ3) is 3.97. The summed E-state index contributed by atoms with van der Waals surface area (Å²) in [6, 6.07) is 12.2. The van der Waals surface area contributed by atoms with E-state index in [1.54, 1.807) is 12.1 Å². The molecule has 140 valence electrons. The van der Waals surface area contributed by atoms with Crippen molar-refractivity contribution >= 4 is 17.5 Å². The van der Waals surface area contributed by atoms with Crippen LogP contribution in [0.3, 0.4) is 0 Å². The van der Waals surface area contributed by atoms with Gasteiger partial charge in [0.05, 0.1) is 17.2 Å². The molecule has 27 heavy (non-hydrogen) atoms. The molecule has 0 spiro atoms. The fraction of sp³-hybridized carbons (Fsp3) is 0.263. The van der Waals surface area contributed by atoms with Crippen molar-refractivity contribution in [2.75, 3.05) is 18.0 Å². The van der Waals surface area contributed by atoms with Gasteiger partial charge in [-0.1, -0.05) is 6.07 Å². The molecule has 1 aliphatic heterocycles. The number of hydrogen-bond acceptors (Lipinski definition) is 3. The number of anilines is 2. The van der Waals surface area contributed by atoms with Crippen LogP contribution in [0, 0.1) is 17.2 Å². The predicted octanol–water partition coefficient (Wildman–Crippen LogP) is 4.16. The van der Waals surface area contributed by atoms with Gasteiger partial charge in [0.25, 0.3) is 0 Å². The summed E-state index contributed by atoms with van der Waals surface area (Å²) in [4.78, 5) is 12.6. The minimum absolute atomic E-state index is 0.120. The molecule has 3 rings (SSSR count). The van der Waals surface area contributed by atoms with Crippen molar-refractivity contribution in [1.29, 1.82) is 5.26 Å². The predicted molar refractivity (Wildman–Crippen MR) is 92.8 cm³/mol. The van der Waals surface area contributed by atoms with Crippen LogP contribution in [-0.4, -0.2) is 24.3 Å². The zero-order valence-corrected chi connectivity index (χ0v) is 14.1. The molecule has 0 bridgehead atoms. The van der Waals surface area contributed by atoms with Crippen LogP contribution < -0.4 is 10.2 Å². The van der Waals surface area contributed by atoms with Crippen LogP contribution in [0.5, 0.6) is 0 Å². The summed E-state index contributed by atoms with van der Waals surface area (Å²) >= 11 is 0. The summed E-state index contributed by atoms with van der Waals surface area (Å²) in [6.07, 6.45) is -5.05. The molecule has 1 amide bonds. The minimum atomic E-state index is -4.42. The van der Waals surface area contributed by atoms with E-state index in [0.717, 1.165) is 23.4 Å². The van der Waals surface area contributed by atoms with Gasteiger partial charge in [-0.15, -0.1) is 0 Å². The number of benzene rings is 2. The second-order valence-electron chi connectivity index (χ2n) is 6.33. The van der Waals surface area contributed by atoms with Crippen LogP contribution >= 0.6 is 0 Å². The largest absolute Gasteiger partial charge is 0.465 e. The zero-order valence-electron chi connectivity index (χ0n) is 14.1. The highest BCUT2D eigenvalue weighted by atomic mass is 19.4. The Kier molecular flexibility index (Phi) is 4.95. The van der Waals surface area contributed by atoms with Crippen LogP contribution in [0.15, 0.2) is 42.5 Å². The molecule has 0 saturated carbocycles. The number of fused-ring (bicyclic) bond motifs is 1. The lowest BCUT2D eigenvalue weighted by atomic mass is 9.89. The van der Waals surface area contributed by atoms with Crippen molar-refractivity contribution in [1.82, 2.24) is 5.32 Å². The van der Waals surface area contributed by atoms with Crippen molar-refractivity contribution in [2.24, 2.45) is 5.92 Å². The van der Waals surface area contributed by atoms with Gasteiger partial charge >= 0.3 is 12.3 Å². The number of nitrogens with one attached hydrogen (secondary N) is 1. The number of hydrogen-bond donors (Lipinski definition) is 2. The Hall–Kier alpha value is -3.21. The van der Waals surface area contributed by atoms with Gasteiger partial charge in [0.15, 0.2) is 0 Å². The quantitative estimate of drug-likeness (QED) is 0.845. The first-order chi connectivity index (χ1) is 12.8. The Bertz CT molecular complexity index is 889. The first-order valence-corrected chi connectivity index (χ1v) is 8.23.